The van der Waals surface area contributed by atoms with Crippen LogP contribution in [0.25, 0.3) is 0 Å². The summed E-state index contributed by atoms with van der Waals surface area (Å²) in [4.78, 5) is 4.17. The molecular weight excluding hydrogens is 216 g/mol. The van der Waals surface area contributed by atoms with Gasteiger partial charge in [-0.3, -0.25) is 4.90 Å². The van der Waals surface area contributed by atoms with Crippen LogP contribution in [-0.4, -0.2) is 31.1 Å². The monoisotopic (exact) mass is 236 g/mol. The van der Waals surface area contributed by atoms with E-state index in [4.69, 9.17) is 0 Å². The lowest BCUT2D eigenvalue weighted by atomic mass is 9.78. The van der Waals surface area contributed by atoms with Gasteiger partial charge in [-0.1, -0.05) is 6.07 Å². The fraction of sp³-hybridized carbons (Fsp3) is 0.692. The molecule has 2 aliphatic rings. The van der Waals surface area contributed by atoms with Crippen molar-refractivity contribution >= 4 is 11.3 Å². The molecule has 1 aromatic heterocycles. The van der Waals surface area contributed by atoms with Gasteiger partial charge in [0, 0.05) is 18.0 Å². The maximum atomic E-state index is 3.48. The molecule has 3 heterocycles. The molecule has 2 aliphatic heterocycles. The summed E-state index contributed by atoms with van der Waals surface area (Å²) >= 11 is 1.89. The Bertz CT molecular complexity index is 328. The Kier molecular flexibility index (Phi) is 3.01. The average molecular weight is 236 g/mol. The van der Waals surface area contributed by atoms with E-state index in [0.29, 0.717) is 5.41 Å². The van der Waals surface area contributed by atoms with Crippen LogP contribution in [0.1, 0.15) is 24.1 Å². The van der Waals surface area contributed by atoms with Crippen molar-refractivity contribution in [3.8, 4) is 0 Å². The molecule has 0 saturated carbocycles. The van der Waals surface area contributed by atoms with E-state index in [1.54, 1.807) is 0 Å². The molecule has 0 aromatic carbocycles. The molecule has 1 spiro atoms. The Morgan fingerprint density at radius 3 is 2.94 bits per heavy atom. The molecule has 1 N–H and O–H groups in total. The standard InChI is InChI=1S/C13H20N2S/c1-2-12(16-9-1)10-15-8-5-13(11-15)3-6-14-7-4-13/h1-2,9,14H,3-8,10-11H2. The third kappa shape index (κ3) is 2.17. The van der Waals surface area contributed by atoms with Crippen LogP contribution in [0, 0.1) is 5.41 Å². The van der Waals surface area contributed by atoms with Gasteiger partial charge in [-0.05, 0) is 55.8 Å². The van der Waals surface area contributed by atoms with Gasteiger partial charge in [-0.15, -0.1) is 11.3 Å². The Labute approximate surface area is 102 Å². The van der Waals surface area contributed by atoms with Gasteiger partial charge >= 0.3 is 0 Å². The van der Waals surface area contributed by atoms with Crippen LogP contribution in [0.15, 0.2) is 17.5 Å². The quantitative estimate of drug-likeness (QED) is 0.848. The highest BCUT2D eigenvalue weighted by Crippen LogP contribution is 2.39. The van der Waals surface area contributed by atoms with Crippen LogP contribution in [0.2, 0.25) is 0 Å². The molecule has 2 fully saturated rings. The van der Waals surface area contributed by atoms with Crippen LogP contribution < -0.4 is 5.32 Å². The smallest absolute Gasteiger partial charge is 0.0328 e. The van der Waals surface area contributed by atoms with Gasteiger partial charge in [-0.2, -0.15) is 0 Å². The van der Waals surface area contributed by atoms with Gasteiger partial charge < -0.3 is 5.32 Å². The summed E-state index contributed by atoms with van der Waals surface area (Å²) in [6.45, 7) is 6.26. The normalized spacial score (nSPS) is 25.2. The maximum absolute atomic E-state index is 3.48. The van der Waals surface area contributed by atoms with E-state index < -0.39 is 0 Å². The molecule has 0 radical (unpaired) electrons. The molecule has 3 heteroatoms. The summed E-state index contributed by atoms with van der Waals surface area (Å²) in [6, 6.07) is 4.43. The maximum Gasteiger partial charge on any atom is 0.0328 e. The van der Waals surface area contributed by atoms with E-state index in [0.717, 1.165) is 0 Å². The molecule has 88 valence electrons. The number of likely N-dealkylation sites (tertiary alicyclic amines) is 1. The largest absolute Gasteiger partial charge is 0.317 e. The molecule has 0 amide bonds. The fourth-order valence-electron chi connectivity index (χ4n) is 3.15. The third-order valence-electron chi connectivity index (χ3n) is 4.14. The van der Waals surface area contributed by atoms with Crippen molar-refractivity contribution < 1.29 is 0 Å². The summed E-state index contributed by atoms with van der Waals surface area (Å²) < 4.78 is 0. The number of nitrogens with one attached hydrogen (secondary N) is 1. The van der Waals surface area contributed by atoms with Crippen molar-refractivity contribution in [1.82, 2.24) is 10.2 Å². The van der Waals surface area contributed by atoms with Crippen LogP contribution in [-0.2, 0) is 6.54 Å². The Morgan fingerprint density at radius 1 is 1.31 bits per heavy atom. The van der Waals surface area contributed by atoms with Crippen molar-refractivity contribution in [3.05, 3.63) is 22.4 Å². The van der Waals surface area contributed by atoms with E-state index in [-0.39, 0.29) is 0 Å². The summed E-state index contributed by atoms with van der Waals surface area (Å²) in [6.07, 6.45) is 4.18. The molecule has 2 nitrogen and oxygen atoms in total. The minimum absolute atomic E-state index is 0.655. The van der Waals surface area contributed by atoms with E-state index in [2.05, 4.69) is 27.7 Å². The van der Waals surface area contributed by atoms with Gasteiger partial charge in [0.2, 0.25) is 0 Å². The SMILES string of the molecule is c1csc(CN2CCC3(CCNCC3)C2)c1. The first-order valence-corrected chi connectivity index (χ1v) is 7.20. The van der Waals surface area contributed by atoms with Gasteiger partial charge in [0.1, 0.15) is 0 Å². The van der Waals surface area contributed by atoms with E-state index in [1.165, 1.54) is 56.9 Å². The highest BCUT2D eigenvalue weighted by Gasteiger charge is 2.38. The van der Waals surface area contributed by atoms with Crippen molar-refractivity contribution in [2.45, 2.75) is 25.8 Å². The summed E-state index contributed by atoms with van der Waals surface area (Å²) in [5, 5.41) is 5.67. The topological polar surface area (TPSA) is 15.3 Å². The minimum atomic E-state index is 0.655. The second-order valence-electron chi connectivity index (χ2n) is 5.29. The fourth-order valence-corrected chi connectivity index (χ4v) is 3.90. The second-order valence-corrected chi connectivity index (χ2v) is 6.32. The number of hydrogen-bond donors (Lipinski definition) is 1. The predicted octanol–water partition coefficient (Wildman–Crippen LogP) is 2.32. The molecule has 1 aromatic rings. The lowest BCUT2D eigenvalue weighted by Crippen LogP contribution is -2.38. The van der Waals surface area contributed by atoms with Crippen LogP contribution >= 0.6 is 11.3 Å². The van der Waals surface area contributed by atoms with Gasteiger partial charge in [0.25, 0.3) is 0 Å². The Hall–Kier alpha value is -0.380. The Morgan fingerprint density at radius 2 is 2.19 bits per heavy atom. The zero-order valence-corrected chi connectivity index (χ0v) is 10.6. The molecule has 16 heavy (non-hydrogen) atoms. The zero-order chi connectivity index (χ0) is 10.8. The van der Waals surface area contributed by atoms with Gasteiger partial charge in [0.15, 0.2) is 0 Å². The first-order valence-electron chi connectivity index (χ1n) is 6.32. The number of thiophene rings is 1. The summed E-state index contributed by atoms with van der Waals surface area (Å²) in [5.74, 6) is 0. The number of hydrogen-bond acceptors (Lipinski definition) is 3. The second kappa shape index (κ2) is 4.47. The van der Waals surface area contributed by atoms with E-state index in [9.17, 15) is 0 Å². The zero-order valence-electron chi connectivity index (χ0n) is 9.74. The van der Waals surface area contributed by atoms with Crippen molar-refractivity contribution in [3.63, 3.8) is 0 Å². The van der Waals surface area contributed by atoms with Crippen molar-refractivity contribution in [2.75, 3.05) is 26.2 Å². The Balaban J connectivity index is 1.60. The van der Waals surface area contributed by atoms with Crippen LogP contribution in [0.5, 0.6) is 0 Å². The third-order valence-corrected chi connectivity index (χ3v) is 5.00. The number of rotatable bonds is 2. The van der Waals surface area contributed by atoms with Crippen molar-refractivity contribution in [1.29, 1.82) is 0 Å². The molecule has 3 rings (SSSR count). The van der Waals surface area contributed by atoms with Gasteiger partial charge in [0.05, 0.1) is 0 Å². The lowest BCUT2D eigenvalue weighted by molar-refractivity contribution is 0.194. The average Bonchev–Trinajstić information content (AvgIpc) is 2.92. The van der Waals surface area contributed by atoms with Crippen molar-refractivity contribution in [2.24, 2.45) is 5.41 Å². The molecule has 2 saturated heterocycles. The summed E-state index contributed by atoms with van der Waals surface area (Å²) in [7, 11) is 0. The number of piperidine rings is 1. The first-order chi connectivity index (χ1) is 7.86. The minimum Gasteiger partial charge on any atom is -0.317 e. The highest BCUT2D eigenvalue weighted by atomic mass is 32.1. The molecular formula is C13H20N2S. The van der Waals surface area contributed by atoms with Gasteiger partial charge in [-0.25, -0.2) is 0 Å². The first kappa shape index (κ1) is 10.8. The van der Waals surface area contributed by atoms with Crippen LogP contribution in [0.3, 0.4) is 0 Å². The van der Waals surface area contributed by atoms with E-state index >= 15 is 0 Å². The summed E-state index contributed by atoms with van der Waals surface area (Å²) in [5.41, 5.74) is 0.655. The predicted molar refractivity (Wildman–Crippen MR) is 68.7 cm³/mol. The molecule has 0 aliphatic carbocycles. The molecule has 0 unspecified atom stereocenters. The number of nitrogens with zero attached hydrogens (tertiary/aromatic N) is 1. The molecule has 0 atom stereocenters. The highest BCUT2D eigenvalue weighted by molar-refractivity contribution is 7.09. The van der Waals surface area contributed by atoms with E-state index in [1.807, 2.05) is 11.3 Å². The molecule has 0 bridgehead atoms. The lowest BCUT2D eigenvalue weighted by Gasteiger charge is -2.33. The van der Waals surface area contributed by atoms with Crippen LogP contribution in [0.4, 0.5) is 0 Å².